The van der Waals surface area contributed by atoms with E-state index in [4.69, 9.17) is 9.15 Å². The van der Waals surface area contributed by atoms with E-state index in [-0.39, 0.29) is 4.90 Å². The van der Waals surface area contributed by atoms with Crippen LogP contribution in [0.3, 0.4) is 0 Å². The van der Waals surface area contributed by atoms with Gasteiger partial charge in [0, 0.05) is 6.54 Å². The number of ether oxygens (including phenoxy) is 1. The second-order valence-corrected chi connectivity index (χ2v) is 9.44. The lowest BCUT2D eigenvalue weighted by Crippen LogP contribution is -2.30. The SMILES string of the molecule is COc1ccc(S(=O)(=O)N2CCC[C@@H]2c2nc3cc(-c4ccccc4)ccc3o2)cc1. The maximum atomic E-state index is 13.3. The Bertz CT molecular complexity index is 1310. The van der Waals surface area contributed by atoms with Gasteiger partial charge in [0.05, 0.1) is 12.0 Å². The van der Waals surface area contributed by atoms with Gasteiger partial charge in [-0.1, -0.05) is 36.4 Å². The van der Waals surface area contributed by atoms with E-state index < -0.39 is 16.1 Å². The number of hydrogen-bond donors (Lipinski definition) is 0. The van der Waals surface area contributed by atoms with Crippen molar-refractivity contribution >= 4 is 21.1 Å². The molecule has 2 heterocycles. The first-order valence-electron chi connectivity index (χ1n) is 10.2. The summed E-state index contributed by atoms with van der Waals surface area (Å²) in [4.78, 5) is 4.91. The number of fused-ring (bicyclic) bond motifs is 1. The molecule has 1 aromatic heterocycles. The molecule has 31 heavy (non-hydrogen) atoms. The fraction of sp³-hybridized carbons (Fsp3) is 0.208. The minimum absolute atomic E-state index is 0.239. The van der Waals surface area contributed by atoms with Gasteiger partial charge in [-0.2, -0.15) is 4.31 Å². The summed E-state index contributed by atoms with van der Waals surface area (Å²) >= 11 is 0. The maximum Gasteiger partial charge on any atom is 0.243 e. The first-order chi connectivity index (χ1) is 15.1. The smallest absolute Gasteiger partial charge is 0.243 e. The van der Waals surface area contributed by atoms with Gasteiger partial charge in [-0.25, -0.2) is 13.4 Å². The highest BCUT2D eigenvalue weighted by Gasteiger charge is 2.39. The van der Waals surface area contributed by atoms with Crippen molar-refractivity contribution in [3.63, 3.8) is 0 Å². The van der Waals surface area contributed by atoms with Gasteiger partial charge in [0.2, 0.25) is 15.9 Å². The maximum absolute atomic E-state index is 13.3. The molecule has 6 nitrogen and oxygen atoms in total. The van der Waals surface area contributed by atoms with Gasteiger partial charge in [-0.3, -0.25) is 0 Å². The van der Waals surface area contributed by atoms with Crippen LogP contribution in [0.15, 0.2) is 82.1 Å². The Morgan fingerprint density at radius 2 is 1.77 bits per heavy atom. The van der Waals surface area contributed by atoms with Crippen LogP contribution in [0.1, 0.15) is 24.8 Å². The molecular formula is C24H22N2O4S. The van der Waals surface area contributed by atoms with Gasteiger partial charge in [0.15, 0.2) is 5.58 Å². The second-order valence-electron chi connectivity index (χ2n) is 7.55. The molecule has 1 aliphatic heterocycles. The molecule has 7 heteroatoms. The average Bonchev–Trinajstić information content (AvgIpc) is 3.46. The van der Waals surface area contributed by atoms with E-state index in [0.29, 0.717) is 30.2 Å². The number of rotatable bonds is 5. The molecule has 0 saturated carbocycles. The zero-order chi connectivity index (χ0) is 21.4. The van der Waals surface area contributed by atoms with Gasteiger partial charge < -0.3 is 9.15 Å². The fourth-order valence-electron chi connectivity index (χ4n) is 4.06. The van der Waals surface area contributed by atoms with E-state index in [1.54, 1.807) is 31.4 Å². The number of methoxy groups -OCH3 is 1. The Labute approximate surface area is 181 Å². The fourth-order valence-corrected chi connectivity index (χ4v) is 5.71. The molecular weight excluding hydrogens is 412 g/mol. The molecule has 1 atom stereocenters. The van der Waals surface area contributed by atoms with Crippen LogP contribution in [0.25, 0.3) is 22.2 Å². The van der Waals surface area contributed by atoms with E-state index in [1.165, 1.54) is 4.31 Å². The third kappa shape index (κ3) is 3.60. The zero-order valence-corrected chi connectivity index (χ0v) is 17.9. The number of aromatic nitrogens is 1. The monoisotopic (exact) mass is 434 g/mol. The molecule has 4 aromatic rings. The van der Waals surface area contributed by atoms with Crippen LogP contribution in [0.4, 0.5) is 0 Å². The zero-order valence-electron chi connectivity index (χ0n) is 17.1. The molecule has 1 fully saturated rings. The van der Waals surface area contributed by atoms with Crippen LogP contribution in [-0.4, -0.2) is 31.4 Å². The average molecular weight is 435 g/mol. The van der Waals surface area contributed by atoms with Crippen LogP contribution in [-0.2, 0) is 10.0 Å². The number of oxazole rings is 1. The van der Waals surface area contributed by atoms with Crippen molar-refractivity contribution in [2.75, 3.05) is 13.7 Å². The van der Waals surface area contributed by atoms with Crippen molar-refractivity contribution in [1.82, 2.24) is 9.29 Å². The predicted octanol–water partition coefficient (Wildman–Crippen LogP) is 5.03. The van der Waals surface area contributed by atoms with E-state index >= 15 is 0 Å². The molecule has 158 valence electrons. The van der Waals surface area contributed by atoms with Gasteiger partial charge in [-0.05, 0) is 60.4 Å². The minimum Gasteiger partial charge on any atom is -0.497 e. The minimum atomic E-state index is -3.67. The van der Waals surface area contributed by atoms with Crippen molar-refractivity contribution < 1.29 is 17.6 Å². The number of nitrogens with zero attached hydrogens (tertiary/aromatic N) is 2. The number of hydrogen-bond acceptors (Lipinski definition) is 5. The summed E-state index contributed by atoms with van der Waals surface area (Å²) < 4.78 is 39.2. The molecule has 0 bridgehead atoms. The van der Waals surface area contributed by atoms with Gasteiger partial charge in [0.1, 0.15) is 17.3 Å². The quantitative estimate of drug-likeness (QED) is 0.441. The van der Waals surface area contributed by atoms with E-state index in [1.807, 2.05) is 48.5 Å². The summed E-state index contributed by atoms with van der Waals surface area (Å²) in [6.07, 6.45) is 1.43. The summed E-state index contributed by atoms with van der Waals surface area (Å²) in [5, 5.41) is 0. The largest absolute Gasteiger partial charge is 0.497 e. The summed E-state index contributed by atoms with van der Waals surface area (Å²) in [7, 11) is -2.12. The topological polar surface area (TPSA) is 72.6 Å². The summed E-state index contributed by atoms with van der Waals surface area (Å²) in [5.74, 6) is 1.06. The molecule has 0 amide bonds. The third-order valence-corrected chi connectivity index (χ3v) is 7.59. The molecule has 0 radical (unpaired) electrons. The van der Waals surface area contributed by atoms with Gasteiger partial charge in [-0.15, -0.1) is 0 Å². The lowest BCUT2D eigenvalue weighted by molar-refractivity contribution is 0.337. The summed E-state index contributed by atoms with van der Waals surface area (Å²) in [5.41, 5.74) is 3.52. The first-order valence-corrected chi connectivity index (χ1v) is 11.6. The highest BCUT2D eigenvalue weighted by atomic mass is 32.2. The van der Waals surface area contributed by atoms with Crippen molar-refractivity contribution in [1.29, 1.82) is 0 Å². The number of sulfonamides is 1. The molecule has 0 unspecified atom stereocenters. The summed E-state index contributed by atoms with van der Waals surface area (Å²) in [6.45, 7) is 0.438. The van der Waals surface area contributed by atoms with Crippen LogP contribution in [0.5, 0.6) is 5.75 Å². The van der Waals surface area contributed by atoms with Crippen molar-refractivity contribution in [3.8, 4) is 16.9 Å². The number of benzene rings is 3. The molecule has 1 saturated heterocycles. The Morgan fingerprint density at radius 1 is 1.00 bits per heavy atom. The van der Waals surface area contributed by atoms with Crippen molar-refractivity contribution in [2.45, 2.75) is 23.8 Å². The molecule has 3 aromatic carbocycles. The Kier molecular flexibility index (Phi) is 5.00. The van der Waals surface area contributed by atoms with Crippen LogP contribution in [0.2, 0.25) is 0 Å². The van der Waals surface area contributed by atoms with Crippen molar-refractivity contribution in [3.05, 3.63) is 78.7 Å². The van der Waals surface area contributed by atoms with Crippen molar-refractivity contribution in [2.24, 2.45) is 0 Å². The Balaban J connectivity index is 1.48. The normalized spacial score (nSPS) is 17.3. The molecule has 0 aliphatic carbocycles. The molecule has 1 aliphatic rings. The lowest BCUT2D eigenvalue weighted by Gasteiger charge is -2.21. The molecule has 5 rings (SSSR count). The second kappa shape index (κ2) is 7.83. The van der Waals surface area contributed by atoms with Crippen LogP contribution >= 0.6 is 0 Å². The first kappa shape index (κ1) is 19.8. The lowest BCUT2D eigenvalue weighted by atomic mass is 10.1. The Hall–Kier alpha value is -3.16. The van der Waals surface area contributed by atoms with E-state index in [2.05, 4.69) is 4.98 Å². The summed E-state index contributed by atoms with van der Waals surface area (Å²) in [6, 6.07) is 22.0. The van der Waals surface area contributed by atoms with E-state index in [0.717, 1.165) is 23.1 Å². The highest BCUT2D eigenvalue weighted by Crippen LogP contribution is 2.38. The van der Waals surface area contributed by atoms with Crippen LogP contribution < -0.4 is 4.74 Å². The standard InChI is InChI=1S/C24H22N2O4S/c1-29-19-10-12-20(13-11-19)31(27,28)26-15-5-8-22(26)24-25-21-16-18(9-14-23(21)30-24)17-6-3-2-4-7-17/h2-4,6-7,9-14,16,22H,5,8,15H2,1H3/t22-/m1/s1. The van der Waals surface area contributed by atoms with E-state index in [9.17, 15) is 8.42 Å². The Morgan fingerprint density at radius 3 is 2.52 bits per heavy atom. The molecule has 0 N–H and O–H groups in total. The third-order valence-electron chi connectivity index (χ3n) is 5.67. The highest BCUT2D eigenvalue weighted by molar-refractivity contribution is 7.89. The van der Waals surface area contributed by atoms with Crippen LogP contribution in [0, 0.1) is 0 Å². The van der Waals surface area contributed by atoms with Gasteiger partial charge in [0.25, 0.3) is 0 Å². The van der Waals surface area contributed by atoms with Gasteiger partial charge >= 0.3 is 0 Å². The predicted molar refractivity (Wildman–Crippen MR) is 118 cm³/mol. The molecule has 0 spiro atoms.